The number of pyridine rings is 1. The molecule has 0 bridgehead atoms. The lowest BCUT2D eigenvalue weighted by molar-refractivity contribution is -0.121. The summed E-state index contributed by atoms with van der Waals surface area (Å²) in [6, 6.07) is 14.0. The minimum absolute atomic E-state index is 0.0106. The number of amides is 1. The summed E-state index contributed by atoms with van der Waals surface area (Å²) in [6.45, 7) is 2.73. The smallest absolute Gasteiger partial charge is 0.227 e. The highest BCUT2D eigenvalue weighted by Gasteiger charge is 2.11. The van der Waals surface area contributed by atoms with Crippen LogP contribution in [0.1, 0.15) is 23.4 Å². The number of hydrogen-bond donors (Lipinski definition) is 1. The van der Waals surface area contributed by atoms with E-state index in [2.05, 4.69) is 51.6 Å². The van der Waals surface area contributed by atoms with Crippen LogP contribution in [0.5, 0.6) is 0 Å². The largest absolute Gasteiger partial charge is 0.355 e. The molecule has 140 valence electrons. The number of thioether (sulfide) groups is 1. The third kappa shape index (κ3) is 6.21. The number of carbonyl (C=O) groups is 1. The minimum atomic E-state index is -0.0106. The molecule has 0 aliphatic carbocycles. The molecule has 0 aliphatic heterocycles. The van der Waals surface area contributed by atoms with Gasteiger partial charge in [0, 0.05) is 37.1 Å². The van der Waals surface area contributed by atoms with Crippen LogP contribution in [0.3, 0.4) is 0 Å². The Morgan fingerprint density at radius 2 is 2.04 bits per heavy atom. The normalized spacial score (nSPS) is 10.7. The van der Waals surface area contributed by atoms with E-state index >= 15 is 0 Å². The van der Waals surface area contributed by atoms with Crippen LogP contribution in [0, 0.1) is 6.92 Å². The maximum absolute atomic E-state index is 11.9. The Morgan fingerprint density at radius 1 is 1.19 bits per heavy atom. The summed E-state index contributed by atoms with van der Waals surface area (Å²) in [5.74, 6) is 2.71. The summed E-state index contributed by atoms with van der Waals surface area (Å²) < 4.78 is 5.18. The van der Waals surface area contributed by atoms with Crippen molar-refractivity contribution in [1.82, 2.24) is 20.4 Å². The Balaban J connectivity index is 1.32. The molecule has 0 saturated carbocycles. The van der Waals surface area contributed by atoms with Crippen LogP contribution in [0.2, 0.25) is 0 Å². The lowest BCUT2D eigenvalue weighted by Crippen LogP contribution is -2.25. The summed E-state index contributed by atoms with van der Waals surface area (Å²) in [7, 11) is 0. The number of aryl methyl sites for hydroxylation is 2. The first-order chi connectivity index (χ1) is 13.2. The molecule has 1 N–H and O–H groups in total. The zero-order chi connectivity index (χ0) is 18.9. The Labute approximate surface area is 162 Å². The number of hydrogen-bond acceptors (Lipinski definition) is 6. The van der Waals surface area contributed by atoms with Crippen molar-refractivity contribution in [2.24, 2.45) is 0 Å². The monoisotopic (exact) mass is 382 g/mol. The van der Waals surface area contributed by atoms with Crippen molar-refractivity contribution in [2.75, 3.05) is 12.3 Å². The van der Waals surface area contributed by atoms with Gasteiger partial charge in [-0.2, -0.15) is 16.7 Å². The third-order valence-corrected chi connectivity index (χ3v) is 4.92. The first-order valence-electron chi connectivity index (χ1n) is 8.85. The molecular formula is C20H22N4O2S. The lowest BCUT2D eigenvalue weighted by atomic mass is 10.2. The fourth-order valence-corrected chi connectivity index (χ4v) is 3.22. The van der Waals surface area contributed by atoms with Crippen LogP contribution in [0.25, 0.3) is 11.5 Å². The highest BCUT2D eigenvalue weighted by atomic mass is 32.2. The molecule has 0 fully saturated rings. The van der Waals surface area contributed by atoms with Crippen LogP contribution in [0.15, 0.2) is 53.2 Å². The van der Waals surface area contributed by atoms with Crippen molar-refractivity contribution in [3.8, 4) is 11.5 Å². The third-order valence-electron chi connectivity index (χ3n) is 3.89. The summed E-state index contributed by atoms with van der Waals surface area (Å²) in [5, 5.41) is 6.83. The van der Waals surface area contributed by atoms with Gasteiger partial charge < -0.3 is 9.84 Å². The zero-order valence-electron chi connectivity index (χ0n) is 15.2. The van der Waals surface area contributed by atoms with E-state index in [0.29, 0.717) is 36.8 Å². The fourth-order valence-electron chi connectivity index (χ4n) is 2.40. The highest BCUT2D eigenvalue weighted by molar-refractivity contribution is 7.98. The number of nitrogens with one attached hydrogen (secondary N) is 1. The Kier molecular flexibility index (Phi) is 6.98. The van der Waals surface area contributed by atoms with Crippen molar-refractivity contribution in [1.29, 1.82) is 0 Å². The molecule has 3 rings (SSSR count). The molecule has 2 heterocycles. The molecule has 0 unspecified atom stereocenters. The molecule has 6 nitrogen and oxygen atoms in total. The van der Waals surface area contributed by atoms with Gasteiger partial charge in [-0.25, -0.2) is 0 Å². The molecule has 0 spiro atoms. The maximum atomic E-state index is 11.9. The molecular weight excluding hydrogens is 360 g/mol. The second-order valence-electron chi connectivity index (χ2n) is 6.11. The second kappa shape index (κ2) is 9.87. The van der Waals surface area contributed by atoms with E-state index in [1.165, 1.54) is 11.1 Å². The van der Waals surface area contributed by atoms with Gasteiger partial charge in [0.15, 0.2) is 0 Å². The van der Waals surface area contributed by atoms with E-state index in [-0.39, 0.29) is 5.91 Å². The van der Waals surface area contributed by atoms with Crippen LogP contribution in [0.4, 0.5) is 0 Å². The molecule has 0 aliphatic rings. The van der Waals surface area contributed by atoms with Gasteiger partial charge in [-0.15, -0.1) is 0 Å². The Hall–Kier alpha value is -2.67. The summed E-state index contributed by atoms with van der Waals surface area (Å²) in [4.78, 5) is 20.4. The van der Waals surface area contributed by atoms with E-state index in [1.54, 1.807) is 6.20 Å². The SMILES string of the molecule is Cc1ccc(CSCCNC(=O)CCc2nc(-c3ccccn3)no2)cc1. The fraction of sp³-hybridized carbons (Fsp3) is 0.300. The van der Waals surface area contributed by atoms with E-state index in [9.17, 15) is 4.79 Å². The Morgan fingerprint density at radius 3 is 2.81 bits per heavy atom. The molecule has 0 radical (unpaired) electrons. The van der Waals surface area contributed by atoms with Gasteiger partial charge in [0.05, 0.1) is 0 Å². The van der Waals surface area contributed by atoms with Crippen molar-refractivity contribution in [3.05, 3.63) is 65.7 Å². The molecule has 27 heavy (non-hydrogen) atoms. The lowest BCUT2D eigenvalue weighted by Gasteiger charge is -2.05. The van der Waals surface area contributed by atoms with E-state index in [1.807, 2.05) is 30.0 Å². The highest BCUT2D eigenvalue weighted by Crippen LogP contribution is 2.13. The Bertz CT molecular complexity index is 850. The van der Waals surface area contributed by atoms with Crippen molar-refractivity contribution in [3.63, 3.8) is 0 Å². The van der Waals surface area contributed by atoms with Gasteiger partial charge in [-0.3, -0.25) is 9.78 Å². The quantitative estimate of drug-likeness (QED) is 0.571. The van der Waals surface area contributed by atoms with Gasteiger partial charge in [-0.05, 0) is 24.6 Å². The summed E-state index contributed by atoms with van der Waals surface area (Å²) >= 11 is 1.81. The van der Waals surface area contributed by atoms with Gasteiger partial charge in [-0.1, -0.05) is 41.1 Å². The maximum Gasteiger partial charge on any atom is 0.227 e. The average Bonchev–Trinajstić information content (AvgIpc) is 3.17. The van der Waals surface area contributed by atoms with Gasteiger partial charge in [0.2, 0.25) is 17.6 Å². The van der Waals surface area contributed by atoms with Gasteiger partial charge in [0.25, 0.3) is 0 Å². The first kappa shape index (κ1) is 19.1. The molecule has 2 aromatic heterocycles. The van der Waals surface area contributed by atoms with Crippen molar-refractivity contribution in [2.45, 2.75) is 25.5 Å². The molecule has 1 amide bonds. The number of carbonyl (C=O) groups excluding carboxylic acids is 1. The topological polar surface area (TPSA) is 80.9 Å². The average molecular weight is 382 g/mol. The van der Waals surface area contributed by atoms with Gasteiger partial charge >= 0.3 is 0 Å². The molecule has 3 aromatic rings. The molecule has 7 heteroatoms. The predicted octanol–water partition coefficient (Wildman–Crippen LogP) is 3.42. The number of nitrogens with zero attached hydrogens (tertiary/aromatic N) is 3. The van der Waals surface area contributed by atoms with Crippen LogP contribution in [-0.2, 0) is 17.0 Å². The first-order valence-corrected chi connectivity index (χ1v) is 10.00. The van der Waals surface area contributed by atoms with Crippen molar-refractivity contribution >= 4 is 17.7 Å². The second-order valence-corrected chi connectivity index (χ2v) is 7.22. The van der Waals surface area contributed by atoms with Crippen LogP contribution >= 0.6 is 11.8 Å². The number of rotatable bonds is 9. The van der Waals surface area contributed by atoms with Gasteiger partial charge in [0.1, 0.15) is 5.69 Å². The number of benzene rings is 1. The molecule has 1 aromatic carbocycles. The molecule has 0 saturated heterocycles. The summed E-state index contributed by atoms with van der Waals surface area (Å²) in [6.07, 6.45) is 2.42. The minimum Gasteiger partial charge on any atom is -0.355 e. The zero-order valence-corrected chi connectivity index (χ0v) is 16.0. The van der Waals surface area contributed by atoms with Crippen LogP contribution in [-0.4, -0.2) is 33.3 Å². The van der Waals surface area contributed by atoms with E-state index in [0.717, 1.165) is 11.5 Å². The molecule has 0 atom stereocenters. The van der Waals surface area contributed by atoms with E-state index in [4.69, 9.17) is 4.52 Å². The van der Waals surface area contributed by atoms with Crippen molar-refractivity contribution < 1.29 is 9.32 Å². The standard InChI is InChI=1S/C20H22N4O2S/c1-15-5-7-16(8-6-15)14-27-13-12-22-18(25)9-10-19-23-20(24-26-19)17-4-2-3-11-21-17/h2-8,11H,9-10,12-14H2,1H3,(H,22,25). The summed E-state index contributed by atoms with van der Waals surface area (Å²) in [5.41, 5.74) is 3.23. The number of aromatic nitrogens is 3. The van der Waals surface area contributed by atoms with E-state index < -0.39 is 0 Å². The predicted molar refractivity (Wildman–Crippen MR) is 106 cm³/mol. The van der Waals surface area contributed by atoms with Crippen LogP contribution < -0.4 is 5.32 Å².